The number of aliphatic carboxylic acids is 1. The highest BCUT2D eigenvalue weighted by molar-refractivity contribution is 5.92. The fourth-order valence-electron chi connectivity index (χ4n) is 1.56. The Morgan fingerprint density at radius 2 is 2.24 bits per heavy atom. The van der Waals surface area contributed by atoms with E-state index in [0.717, 1.165) is 11.8 Å². The van der Waals surface area contributed by atoms with Crippen LogP contribution in [0.25, 0.3) is 6.08 Å². The van der Waals surface area contributed by atoms with Gasteiger partial charge in [0, 0.05) is 18.3 Å². The van der Waals surface area contributed by atoms with Crippen LogP contribution in [0.2, 0.25) is 0 Å². The van der Waals surface area contributed by atoms with Gasteiger partial charge in [-0.05, 0) is 24.6 Å². The van der Waals surface area contributed by atoms with Gasteiger partial charge in [0.1, 0.15) is 5.69 Å². The maximum Gasteiger partial charge on any atom is 0.328 e. The van der Waals surface area contributed by atoms with Gasteiger partial charge in [0.05, 0.1) is 12.2 Å². The first-order chi connectivity index (χ1) is 10.0. The maximum absolute atomic E-state index is 11.9. The van der Waals surface area contributed by atoms with Crippen molar-refractivity contribution in [1.29, 1.82) is 0 Å². The van der Waals surface area contributed by atoms with Gasteiger partial charge in [-0.15, -0.1) is 0 Å². The second-order valence-electron chi connectivity index (χ2n) is 4.27. The maximum atomic E-state index is 11.9. The minimum absolute atomic E-state index is 0.224. The molecule has 0 spiro atoms. The topological polar surface area (TPSA) is 105 Å². The molecule has 2 heterocycles. The van der Waals surface area contributed by atoms with Crippen LogP contribution in [0.1, 0.15) is 27.5 Å². The molecule has 0 fully saturated rings. The molecule has 0 aliphatic carbocycles. The molecule has 0 saturated carbocycles. The number of aryl methyl sites for hydroxylation is 1. The zero-order valence-electron chi connectivity index (χ0n) is 11.2. The number of carboxylic acids is 1. The molecule has 2 N–H and O–H groups in total. The second-order valence-corrected chi connectivity index (χ2v) is 4.27. The third kappa shape index (κ3) is 4.27. The molecular formula is C14H13N3O4. The number of nitrogens with one attached hydrogen (secondary N) is 1. The van der Waals surface area contributed by atoms with Gasteiger partial charge in [0.2, 0.25) is 0 Å². The van der Waals surface area contributed by atoms with Crippen LogP contribution in [0.15, 0.2) is 35.0 Å². The van der Waals surface area contributed by atoms with Crippen LogP contribution in [0.4, 0.5) is 0 Å². The highest BCUT2D eigenvalue weighted by Crippen LogP contribution is 2.04. The average molecular weight is 287 g/mol. The third-order valence-corrected chi connectivity index (χ3v) is 2.54. The van der Waals surface area contributed by atoms with E-state index in [1.807, 2.05) is 0 Å². The Hall–Kier alpha value is -2.96. The lowest BCUT2D eigenvalue weighted by molar-refractivity contribution is -0.131. The fraction of sp³-hybridized carbons (Fsp3) is 0.143. The summed E-state index contributed by atoms with van der Waals surface area (Å²) in [5, 5.41) is 14.9. The fourth-order valence-corrected chi connectivity index (χ4v) is 1.56. The zero-order chi connectivity index (χ0) is 15.2. The number of carboxylic acid groups (broad SMARTS) is 1. The van der Waals surface area contributed by atoms with E-state index in [2.05, 4.69) is 15.5 Å². The van der Waals surface area contributed by atoms with Crippen molar-refractivity contribution in [2.24, 2.45) is 0 Å². The van der Waals surface area contributed by atoms with Crippen molar-refractivity contribution in [3.63, 3.8) is 0 Å². The predicted octanol–water partition coefficient (Wildman–Crippen LogP) is 1.41. The Morgan fingerprint density at radius 1 is 1.43 bits per heavy atom. The molecule has 2 rings (SSSR count). The Labute approximate surface area is 120 Å². The van der Waals surface area contributed by atoms with Crippen molar-refractivity contribution >= 4 is 18.0 Å². The molecule has 0 bridgehead atoms. The molecule has 2 aromatic rings. The van der Waals surface area contributed by atoms with E-state index >= 15 is 0 Å². The van der Waals surface area contributed by atoms with Crippen LogP contribution in [0, 0.1) is 6.92 Å². The first kappa shape index (κ1) is 14.4. The van der Waals surface area contributed by atoms with Crippen LogP contribution in [-0.2, 0) is 11.3 Å². The van der Waals surface area contributed by atoms with Gasteiger partial charge in [-0.2, -0.15) is 0 Å². The van der Waals surface area contributed by atoms with Gasteiger partial charge in [-0.1, -0.05) is 11.2 Å². The minimum atomic E-state index is -1.04. The van der Waals surface area contributed by atoms with Crippen LogP contribution in [0.3, 0.4) is 0 Å². The van der Waals surface area contributed by atoms with Gasteiger partial charge in [0.15, 0.2) is 5.76 Å². The highest BCUT2D eigenvalue weighted by Gasteiger charge is 2.08. The molecule has 7 heteroatoms. The Morgan fingerprint density at radius 3 is 2.81 bits per heavy atom. The summed E-state index contributed by atoms with van der Waals surface area (Å²) in [6.45, 7) is 2.02. The summed E-state index contributed by atoms with van der Waals surface area (Å²) in [6.07, 6.45) is 3.82. The van der Waals surface area contributed by atoms with E-state index < -0.39 is 5.97 Å². The summed E-state index contributed by atoms with van der Waals surface area (Å²) in [5.74, 6) is -0.834. The minimum Gasteiger partial charge on any atom is -0.478 e. The number of hydrogen-bond acceptors (Lipinski definition) is 5. The number of amides is 1. The molecule has 0 atom stereocenters. The number of rotatable bonds is 5. The van der Waals surface area contributed by atoms with E-state index in [-0.39, 0.29) is 18.1 Å². The molecule has 0 saturated heterocycles. The molecule has 7 nitrogen and oxygen atoms in total. The lowest BCUT2D eigenvalue weighted by atomic mass is 10.2. The molecule has 0 aliphatic rings. The van der Waals surface area contributed by atoms with E-state index in [0.29, 0.717) is 11.3 Å². The van der Waals surface area contributed by atoms with Crippen LogP contribution in [0.5, 0.6) is 0 Å². The van der Waals surface area contributed by atoms with E-state index in [4.69, 9.17) is 9.63 Å². The van der Waals surface area contributed by atoms with Gasteiger partial charge in [0.25, 0.3) is 5.91 Å². The van der Waals surface area contributed by atoms with Crippen molar-refractivity contribution in [1.82, 2.24) is 15.5 Å². The van der Waals surface area contributed by atoms with E-state index in [9.17, 15) is 9.59 Å². The Bertz CT molecular complexity index is 674. The first-order valence-electron chi connectivity index (χ1n) is 6.12. The summed E-state index contributed by atoms with van der Waals surface area (Å²) in [6, 6.07) is 4.86. The summed E-state index contributed by atoms with van der Waals surface area (Å²) < 4.78 is 4.97. The molecule has 21 heavy (non-hydrogen) atoms. The van der Waals surface area contributed by atoms with Gasteiger partial charge < -0.3 is 14.9 Å². The normalized spacial score (nSPS) is 10.7. The van der Waals surface area contributed by atoms with E-state index in [1.54, 1.807) is 19.1 Å². The predicted molar refractivity (Wildman–Crippen MR) is 73.3 cm³/mol. The van der Waals surface area contributed by atoms with Crippen molar-refractivity contribution in [3.8, 4) is 0 Å². The second kappa shape index (κ2) is 6.47. The molecule has 0 unspecified atom stereocenters. The molecular weight excluding hydrogens is 274 g/mol. The molecule has 2 aromatic heterocycles. The first-order valence-corrected chi connectivity index (χ1v) is 6.12. The summed E-state index contributed by atoms with van der Waals surface area (Å²) in [7, 11) is 0. The monoisotopic (exact) mass is 287 g/mol. The molecule has 0 radical (unpaired) electrons. The summed E-state index contributed by atoms with van der Waals surface area (Å²) in [5.41, 5.74) is 1.57. The standard InChI is InChI=1S/C14H13N3O4/c1-9-6-11(21-17-9)8-16-14(20)12-4-2-10(7-15-12)3-5-13(18)19/h2-7H,8H2,1H3,(H,16,20)(H,18,19). The molecule has 1 amide bonds. The molecule has 0 aliphatic heterocycles. The summed E-state index contributed by atoms with van der Waals surface area (Å²) >= 11 is 0. The third-order valence-electron chi connectivity index (χ3n) is 2.54. The number of pyridine rings is 1. The van der Waals surface area contributed by atoms with Crippen molar-refractivity contribution in [3.05, 3.63) is 53.2 Å². The Balaban J connectivity index is 1.95. The molecule has 108 valence electrons. The average Bonchev–Trinajstić information content (AvgIpc) is 2.89. The lowest BCUT2D eigenvalue weighted by Crippen LogP contribution is -2.23. The molecule has 0 aromatic carbocycles. The Kier molecular flexibility index (Phi) is 4.45. The van der Waals surface area contributed by atoms with Gasteiger partial charge in [-0.3, -0.25) is 9.78 Å². The van der Waals surface area contributed by atoms with Crippen LogP contribution >= 0.6 is 0 Å². The number of nitrogens with zero attached hydrogens (tertiary/aromatic N) is 2. The van der Waals surface area contributed by atoms with Crippen molar-refractivity contribution < 1.29 is 19.2 Å². The lowest BCUT2D eigenvalue weighted by Gasteiger charge is -2.02. The quantitative estimate of drug-likeness (QED) is 0.805. The van der Waals surface area contributed by atoms with Gasteiger partial charge in [-0.25, -0.2) is 4.79 Å². The summed E-state index contributed by atoms with van der Waals surface area (Å²) in [4.78, 5) is 26.2. The number of hydrogen-bond donors (Lipinski definition) is 2. The van der Waals surface area contributed by atoms with Crippen LogP contribution < -0.4 is 5.32 Å². The van der Waals surface area contributed by atoms with Crippen molar-refractivity contribution in [2.75, 3.05) is 0 Å². The van der Waals surface area contributed by atoms with E-state index in [1.165, 1.54) is 18.3 Å². The zero-order valence-corrected chi connectivity index (χ0v) is 11.2. The van der Waals surface area contributed by atoms with Crippen LogP contribution in [-0.4, -0.2) is 27.1 Å². The number of aromatic nitrogens is 2. The largest absolute Gasteiger partial charge is 0.478 e. The number of carbonyl (C=O) groups excluding carboxylic acids is 1. The SMILES string of the molecule is Cc1cc(CNC(=O)c2ccc(C=CC(=O)O)cn2)on1. The number of carbonyl (C=O) groups is 2. The van der Waals surface area contributed by atoms with Gasteiger partial charge >= 0.3 is 5.97 Å². The van der Waals surface area contributed by atoms with Crippen molar-refractivity contribution in [2.45, 2.75) is 13.5 Å². The highest BCUT2D eigenvalue weighted by atomic mass is 16.5. The smallest absolute Gasteiger partial charge is 0.328 e.